The summed E-state index contributed by atoms with van der Waals surface area (Å²) in [5.41, 5.74) is 1.45. The molecule has 1 aliphatic heterocycles. The molecule has 0 aliphatic carbocycles. The highest BCUT2D eigenvalue weighted by atomic mass is 32.2. The number of hydrogen-bond donors (Lipinski definition) is 1. The first-order chi connectivity index (χ1) is 8.15. The van der Waals surface area contributed by atoms with Crippen LogP contribution in [0.5, 0.6) is 0 Å². The third-order valence-corrected chi connectivity index (χ3v) is 4.44. The van der Waals surface area contributed by atoms with Gasteiger partial charge in [-0.15, -0.1) is 0 Å². The molecule has 2 atom stereocenters. The highest BCUT2D eigenvalue weighted by Gasteiger charge is 2.27. The third kappa shape index (κ3) is 2.47. The molecule has 1 aromatic carbocycles. The van der Waals surface area contributed by atoms with Gasteiger partial charge in [-0.2, -0.15) is 11.8 Å². The Labute approximate surface area is 105 Å². The molecular weight excluding hydrogens is 240 g/mol. The fourth-order valence-electron chi connectivity index (χ4n) is 2.33. The van der Waals surface area contributed by atoms with Gasteiger partial charge in [0, 0.05) is 17.4 Å². The summed E-state index contributed by atoms with van der Waals surface area (Å²) in [4.78, 5) is 0. The van der Waals surface area contributed by atoms with E-state index in [1.165, 1.54) is 6.07 Å². The van der Waals surface area contributed by atoms with E-state index in [2.05, 4.69) is 12.2 Å². The molecule has 0 saturated carbocycles. The van der Waals surface area contributed by atoms with E-state index in [1.807, 2.05) is 6.92 Å². The largest absolute Gasteiger partial charge is 0.310 e. The lowest BCUT2D eigenvalue weighted by atomic mass is 9.92. The molecule has 0 amide bonds. The average molecular weight is 257 g/mol. The van der Waals surface area contributed by atoms with E-state index in [1.54, 1.807) is 17.8 Å². The van der Waals surface area contributed by atoms with Crippen molar-refractivity contribution in [1.82, 2.24) is 5.32 Å². The van der Waals surface area contributed by atoms with Gasteiger partial charge in [0.15, 0.2) is 11.6 Å². The Hall–Kier alpha value is -0.610. The lowest BCUT2D eigenvalue weighted by molar-refractivity contribution is 0.422. The maximum absolute atomic E-state index is 13.8. The normalized spacial score (nSPS) is 24.2. The van der Waals surface area contributed by atoms with Crippen LogP contribution in [-0.2, 0) is 5.75 Å². The van der Waals surface area contributed by atoms with E-state index in [9.17, 15) is 8.78 Å². The minimum Gasteiger partial charge on any atom is -0.310 e. The minimum atomic E-state index is -0.742. The third-order valence-electron chi connectivity index (χ3n) is 3.19. The molecule has 0 aromatic heterocycles. The zero-order chi connectivity index (χ0) is 12.4. The number of halogens is 2. The average Bonchev–Trinajstić information content (AvgIpc) is 2.46. The lowest BCUT2D eigenvalue weighted by Gasteiger charge is -2.24. The van der Waals surface area contributed by atoms with E-state index in [0.717, 1.165) is 17.9 Å². The van der Waals surface area contributed by atoms with Crippen LogP contribution in [0.15, 0.2) is 12.1 Å². The molecule has 2 unspecified atom stereocenters. The predicted octanol–water partition coefficient (Wildman–Crippen LogP) is 3.50. The van der Waals surface area contributed by atoms with Crippen molar-refractivity contribution in [2.75, 3.05) is 12.3 Å². The van der Waals surface area contributed by atoms with Crippen LogP contribution in [0.3, 0.4) is 0 Å². The van der Waals surface area contributed by atoms with Gasteiger partial charge in [0.2, 0.25) is 0 Å². The fraction of sp³-hybridized carbons (Fsp3) is 0.538. The van der Waals surface area contributed by atoms with Gasteiger partial charge in [-0.05, 0) is 29.8 Å². The van der Waals surface area contributed by atoms with Crippen molar-refractivity contribution in [3.05, 3.63) is 34.9 Å². The maximum Gasteiger partial charge on any atom is 0.163 e. The van der Waals surface area contributed by atoms with E-state index < -0.39 is 11.6 Å². The summed E-state index contributed by atoms with van der Waals surface area (Å²) in [6, 6.07) is 3.09. The molecule has 1 aliphatic rings. The Bertz CT molecular complexity index is 409. The van der Waals surface area contributed by atoms with Gasteiger partial charge >= 0.3 is 0 Å². The van der Waals surface area contributed by atoms with E-state index in [-0.39, 0.29) is 6.04 Å². The van der Waals surface area contributed by atoms with Crippen LogP contribution < -0.4 is 5.32 Å². The number of nitrogens with one attached hydrogen (secondary N) is 1. The van der Waals surface area contributed by atoms with Crippen molar-refractivity contribution < 1.29 is 8.78 Å². The minimum absolute atomic E-state index is 0.125. The van der Waals surface area contributed by atoms with Gasteiger partial charge in [0.1, 0.15) is 0 Å². The molecule has 0 radical (unpaired) electrons. The summed E-state index contributed by atoms with van der Waals surface area (Å²) in [6.45, 7) is 5.01. The molecule has 1 aromatic rings. The summed E-state index contributed by atoms with van der Waals surface area (Å²) >= 11 is 1.67. The second kappa shape index (κ2) is 5.36. The quantitative estimate of drug-likeness (QED) is 0.870. The van der Waals surface area contributed by atoms with Gasteiger partial charge < -0.3 is 5.32 Å². The zero-order valence-electron chi connectivity index (χ0n) is 10.1. The Morgan fingerprint density at radius 2 is 2.18 bits per heavy atom. The van der Waals surface area contributed by atoms with Crippen molar-refractivity contribution in [3.63, 3.8) is 0 Å². The van der Waals surface area contributed by atoms with E-state index in [4.69, 9.17) is 0 Å². The van der Waals surface area contributed by atoms with Crippen LogP contribution in [0.2, 0.25) is 0 Å². The van der Waals surface area contributed by atoms with E-state index in [0.29, 0.717) is 17.2 Å². The predicted molar refractivity (Wildman–Crippen MR) is 68.1 cm³/mol. The first-order valence-electron chi connectivity index (χ1n) is 5.93. The van der Waals surface area contributed by atoms with Crippen LogP contribution in [0.1, 0.15) is 31.0 Å². The van der Waals surface area contributed by atoms with E-state index >= 15 is 0 Å². The monoisotopic (exact) mass is 257 g/mol. The molecule has 1 N–H and O–H groups in total. The number of thioether (sulfide) groups is 1. The summed E-state index contributed by atoms with van der Waals surface area (Å²) in [7, 11) is 0. The maximum atomic E-state index is 13.8. The van der Waals surface area contributed by atoms with Crippen molar-refractivity contribution in [2.45, 2.75) is 25.6 Å². The SMILES string of the molecule is CCNC1c2ccc(F)c(F)c2CSCC1C. The Balaban J connectivity index is 2.47. The number of benzene rings is 1. The Morgan fingerprint density at radius 3 is 2.88 bits per heavy atom. The molecule has 0 bridgehead atoms. The summed E-state index contributed by atoms with van der Waals surface area (Å²) in [5.74, 6) is 0.533. The molecule has 1 heterocycles. The van der Waals surface area contributed by atoms with Gasteiger partial charge in [-0.1, -0.05) is 19.9 Å². The molecule has 0 saturated heterocycles. The van der Waals surface area contributed by atoms with Crippen molar-refractivity contribution >= 4 is 11.8 Å². The Kier molecular flexibility index (Phi) is 4.05. The molecule has 4 heteroatoms. The zero-order valence-corrected chi connectivity index (χ0v) is 10.9. The van der Waals surface area contributed by atoms with Crippen LogP contribution in [-0.4, -0.2) is 12.3 Å². The second-order valence-electron chi connectivity index (χ2n) is 4.46. The standard InChI is InChI=1S/C13H17F2NS/c1-3-16-13-8(2)6-17-7-10-9(13)4-5-11(14)12(10)15/h4-5,8,13,16H,3,6-7H2,1-2H3. The molecule has 0 spiro atoms. The van der Waals surface area contributed by atoms with Crippen LogP contribution >= 0.6 is 11.8 Å². The van der Waals surface area contributed by atoms with Crippen molar-refractivity contribution in [1.29, 1.82) is 0 Å². The number of fused-ring (bicyclic) bond motifs is 1. The Morgan fingerprint density at radius 1 is 1.41 bits per heavy atom. The summed E-state index contributed by atoms with van der Waals surface area (Å²) < 4.78 is 27.0. The molecule has 94 valence electrons. The molecule has 17 heavy (non-hydrogen) atoms. The molecule has 2 rings (SSSR count). The van der Waals surface area contributed by atoms with Gasteiger partial charge in [-0.25, -0.2) is 8.78 Å². The first-order valence-corrected chi connectivity index (χ1v) is 7.08. The van der Waals surface area contributed by atoms with Crippen LogP contribution in [0.4, 0.5) is 8.78 Å². The first kappa shape index (κ1) is 12.8. The van der Waals surface area contributed by atoms with Crippen LogP contribution in [0, 0.1) is 17.6 Å². The van der Waals surface area contributed by atoms with Gasteiger partial charge in [-0.3, -0.25) is 0 Å². The topological polar surface area (TPSA) is 12.0 Å². The highest BCUT2D eigenvalue weighted by molar-refractivity contribution is 7.98. The number of hydrogen-bond acceptors (Lipinski definition) is 2. The summed E-state index contributed by atoms with van der Waals surface area (Å²) in [5, 5.41) is 3.37. The summed E-state index contributed by atoms with van der Waals surface area (Å²) in [6.07, 6.45) is 0. The second-order valence-corrected chi connectivity index (χ2v) is 5.49. The highest BCUT2D eigenvalue weighted by Crippen LogP contribution is 2.36. The lowest BCUT2D eigenvalue weighted by Crippen LogP contribution is -2.28. The molecular formula is C13H17F2NS. The fourth-order valence-corrected chi connectivity index (χ4v) is 3.51. The smallest absolute Gasteiger partial charge is 0.163 e. The van der Waals surface area contributed by atoms with Crippen LogP contribution in [0.25, 0.3) is 0 Å². The van der Waals surface area contributed by atoms with Gasteiger partial charge in [0.25, 0.3) is 0 Å². The van der Waals surface area contributed by atoms with Crippen molar-refractivity contribution in [3.8, 4) is 0 Å². The number of rotatable bonds is 2. The van der Waals surface area contributed by atoms with Crippen molar-refractivity contribution in [2.24, 2.45) is 5.92 Å². The molecule has 1 nitrogen and oxygen atoms in total. The van der Waals surface area contributed by atoms with Gasteiger partial charge in [0.05, 0.1) is 0 Å². The molecule has 0 fully saturated rings.